The van der Waals surface area contributed by atoms with Crippen molar-refractivity contribution in [3.63, 3.8) is 0 Å². The molecule has 0 saturated carbocycles. The van der Waals surface area contributed by atoms with Gasteiger partial charge in [0.2, 0.25) is 0 Å². The standard InChI is InChI=1S/C14H20ClNO/c1-17-13-7-5-12(6-8-13)14(15)11-16-9-3-2-4-10-16/h5-8,14H,2-4,9-11H2,1H3. The smallest absolute Gasteiger partial charge is 0.118 e. The number of alkyl halides is 1. The van der Waals surface area contributed by atoms with E-state index in [4.69, 9.17) is 16.3 Å². The van der Waals surface area contributed by atoms with Gasteiger partial charge in [0.15, 0.2) is 0 Å². The predicted octanol–water partition coefficient (Wildman–Crippen LogP) is 3.46. The normalized spacial score (nSPS) is 18.9. The second-order valence-electron chi connectivity index (χ2n) is 4.60. The number of halogens is 1. The molecule has 1 heterocycles. The summed E-state index contributed by atoms with van der Waals surface area (Å²) in [5.74, 6) is 0.885. The van der Waals surface area contributed by atoms with Gasteiger partial charge in [-0.15, -0.1) is 11.6 Å². The number of methoxy groups -OCH3 is 1. The van der Waals surface area contributed by atoms with E-state index >= 15 is 0 Å². The SMILES string of the molecule is COc1ccc(C(Cl)CN2CCCCC2)cc1. The van der Waals surface area contributed by atoms with E-state index in [-0.39, 0.29) is 5.38 Å². The minimum absolute atomic E-state index is 0.0824. The molecule has 1 aromatic carbocycles. The molecule has 0 spiro atoms. The number of piperidine rings is 1. The van der Waals surface area contributed by atoms with E-state index in [0.717, 1.165) is 12.3 Å². The van der Waals surface area contributed by atoms with Crippen LogP contribution in [0.3, 0.4) is 0 Å². The van der Waals surface area contributed by atoms with E-state index < -0.39 is 0 Å². The molecule has 94 valence electrons. The number of hydrogen-bond donors (Lipinski definition) is 0. The highest BCUT2D eigenvalue weighted by atomic mass is 35.5. The molecular weight excluding hydrogens is 234 g/mol. The van der Waals surface area contributed by atoms with Crippen LogP contribution in [0, 0.1) is 0 Å². The van der Waals surface area contributed by atoms with Gasteiger partial charge in [-0.25, -0.2) is 0 Å². The number of rotatable bonds is 4. The average Bonchev–Trinajstić information content (AvgIpc) is 2.40. The summed E-state index contributed by atoms with van der Waals surface area (Å²) in [6, 6.07) is 8.06. The van der Waals surface area contributed by atoms with Gasteiger partial charge in [-0.2, -0.15) is 0 Å². The maximum Gasteiger partial charge on any atom is 0.118 e. The summed E-state index contributed by atoms with van der Waals surface area (Å²) in [4.78, 5) is 2.46. The molecule has 2 nitrogen and oxygen atoms in total. The number of ether oxygens (including phenoxy) is 1. The van der Waals surface area contributed by atoms with Crippen LogP contribution < -0.4 is 4.74 Å². The van der Waals surface area contributed by atoms with Gasteiger partial charge in [-0.1, -0.05) is 18.6 Å². The zero-order chi connectivity index (χ0) is 12.1. The van der Waals surface area contributed by atoms with Crippen molar-refractivity contribution in [2.24, 2.45) is 0 Å². The summed E-state index contributed by atoms with van der Waals surface area (Å²) in [6.45, 7) is 3.34. The largest absolute Gasteiger partial charge is 0.497 e. The molecule has 0 N–H and O–H groups in total. The molecule has 17 heavy (non-hydrogen) atoms. The van der Waals surface area contributed by atoms with Crippen LogP contribution in [0.4, 0.5) is 0 Å². The molecular formula is C14H20ClNO. The predicted molar refractivity (Wildman–Crippen MR) is 71.9 cm³/mol. The zero-order valence-corrected chi connectivity index (χ0v) is 11.1. The third-order valence-electron chi connectivity index (χ3n) is 3.34. The first kappa shape index (κ1) is 12.7. The highest BCUT2D eigenvalue weighted by molar-refractivity contribution is 6.21. The Morgan fingerprint density at radius 3 is 2.41 bits per heavy atom. The molecule has 2 rings (SSSR count). The summed E-state index contributed by atoms with van der Waals surface area (Å²) >= 11 is 6.45. The van der Waals surface area contributed by atoms with E-state index in [1.165, 1.54) is 37.9 Å². The van der Waals surface area contributed by atoms with Crippen LogP contribution in [-0.2, 0) is 0 Å². The number of likely N-dealkylation sites (tertiary alicyclic amines) is 1. The van der Waals surface area contributed by atoms with Gasteiger partial charge < -0.3 is 9.64 Å². The Morgan fingerprint density at radius 2 is 1.82 bits per heavy atom. The van der Waals surface area contributed by atoms with Gasteiger partial charge >= 0.3 is 0 Å². The molecule has 1 aromatic rings. The molecule has 1 unspecified atom stereocenters. The fourth-order valence-corrected chi connectivity index (χ4v) is 2.63. The zero-order valence-electron chi connectivity index (χ0n) is 10.4. The molecule has 0 radical (unpaired) electrons. The Balaban J connectivity index is 1.91. The lowest BCUT2D eigenvalue weighted by molar-refractivity contribution is 0.229. The molecule has 1 aliphatic heterocycles. The lowest BCUT2D eigenvalue weighted by Gasteiger charge is -2.28. The Bertz CT molecular complexity index is 333. The minimum Gasteiger partial charge on any atom is -0.497 e. The molecule has 0 bridgehead atoms. The first-order chi connectivity index (χ1) is 8.29. The van der Waals surface area contributed by atoms with E-state index in [1.54, 1.807) is 7.11 Å². The number of nitrogens with zero attached hydrogens (tertiary/aromatic N) is 1. The van der Waals surface area contributed by atoms with E-state index in [1.807, 2.05) is 12.1 Å². The van der Waals surface area contributed by atoms with Crippen molar-refractivity contribution in [1.29, 1.82) is 0 Å². The maximum absolute atomic E-state index is 6.45. The average molecular weight is 254 g/mol. The van der Waals surface area contributed by atoms with Crippen LogP contribution in [0.5, 0.6) is 5.75 Å². The molecule has 1 fully saturated rings. The summed E-state index contributed by atoms with van der Waals surface area (Å²) in [5.41, 5.74) is 1.18. The minimum atomic E-state index is 0.0824. The Kier molecular flexibility index (Phi) is 4.69. The highest BCUT2D eigenvalue weighted by Crippen LogP contribution is 2.25. The van der Waals surface area contributed by atoms with Crippen LogP contribution in [0.2, 0.25) is 0 Å². The van der Waals surface area contributed by atoms with Crippen molar-refractivity contribution in [1.82, 2.24) is 4.90 Å². The Morgan fingerprint density at radius 1 is 1.18 bits per heavy atom. The molecule has 0 amide bonds. The number of hydrogen-bond acceptors (Lipinski definition) is 2. The highest BCUT2D eigenvalue weighted by Gasteiger charge is 2.15. The Labute approximate surface area is 109 Å². The molecule has 3 heteroatoms. The van der Waals surface area contributed by atoms with Crippen molar-refractivity contribution in [2.75, 3.05) is 26.7 Å². The van der Waals surface area contributed by atoms with Gasteiger partial charge in [0.25, 0.3) is 0 Å². The van der Waals surface area contributed by atoms with Crippen molar-refractivity contribution < 1.29 is 4.74 Å². The first-order valence-corrected chi connectivity index (χ1v) is 6.73. The topological polar surface area (TPSA) is 12.5 Å². The van der Waals surface area contributed by atoms with Crippen LogP contribution in [0.25, 0.3) is 0 Å². The van der Waals surface area contributed by atoms with Crippen LogP contribution >= 0.6 is 11.6 Å². The monoisotopic (exact) mass is 253 g/mol. The lowest BCUT2D eigenvalue weighted by Crippen LogP contribution is -2.32. The van der Waals surface area contributed by atoms with E-state index in [0.29, 0.717) is 0 Å². The summed E-state index contributed by atoms with van der Waals surface area (Å²) in [6.07, 6.45) is 3.99. The molecule has 0 aliphatic carbocycles. The quantitative estimate of drug-likeness (QED) is 0.762. The summed E-state index contributed by atoms with van der Waals surface area (Å²) in [5, 5.41) is 0.0824. The van der Waals surface area contributed by atoms with E-state index in [2.05, 4.69) is 17.0 Å². The van der Waals surface area contributed by atoms with Gasteiger partial charge in [0.1, 0.15) is 5.75 Å². The fraction of sp³-hybridized carbons (Fsp3) is 0.571. The van der Waals surface area contributed by atoms with Crippen LogP contribution in [0.1, 0.15) is 30.2 Å². The van der Waals surface area contributed by atoms with Crippen molar-refractivity contribution in [3.8, 4) is 5.75 Å². The fourth-order valence-electron chi connectivity index (χ4n) is 2.29. The van der Waals surface area contributed by atoms with Crippen molar-refractivity contribution in [3.05, 3.63) is 29.8 Å². The maximum atomic E-state index is 6.45. The van der Waals surface area contributed by atoms with Gasteiger partial charge in [0, 0.05) is 6.54 Å². The second-order valence-corrected chi connectivity index (χ2v) is 5.13. The van der Waals surface area contributed by atoms with Crippen LogP contribution in [0.15, 0.2) is 24.3 Å². The summed E-state index contributed by atoms with van der Waals surface area (Å²) in [7, 11) is 1.68. The molecule has 0 aromatic heterocycles. The van der Waals surface area contributed by atoms with Crippen LogP contribution in [-0.4, -0.2) is 31.6 Å². The van der Waals surface area contributed by atoms with Gasteiger partial charge in [-0.05, 0) is 43.6 Å². The first-order valence-electron chi connectivity index (χ1n) is 6.30. The lowest BCUT2D eigenvalue weighted by atomic mass is 10.1. The third kappa shape index (κ3) is 3.62. The second kappa shape index (κ2) is 6.27. The van der Waals surface area contributed by atoms with Crippen molar-refractivity contribution in [2.45, 2.75) is 24.6 Å². The molecule has 1 saturated heterocycles. The van der Waals surface area contributed by atoms with Gasteiger partial charge in [0.05, 0.1) is 12.5 Å². The Hall–Kier alpha value is -0.730. The molecule has 1 aliphatic rings. The third-order valence-corrected chi connectivity index (χ3v) is 3.73. The molecule has 1 atom stereocenters. The summed E-state index contributed by atoms with van der Waals surface area (Å²) < 4.78 is 5.15. The van der Waals surface area contributed by atoms with E-state index in [9.17, 15) is 0 Å². The van der Waals surface area contributed by atoms with Crippen molar-refractivity contribution >= 4 is 11.6 Å². The number of benzene rings is 1. The van der Waals surface area contributed by atoms with Gasteiger partial charge in [-0.3, -0.25) is 0 Å².